The van der Waals surface area contributed by atoms with Crippen LogP contribution in [0.3, 0.4) is 0 Å². The number of likely N-dealkylation sites (tertiary alicyclic amines) is 1. The lowest BCUT2D eigenvalue weighted by molar-refractivity contribution is -0.140. The van der Waals surface area contributed by atoms with Crippen molar-refractivity contribution in [2.45, 2.75) is 83.3 Å². The van der Waals surface area contributed by atoms with Gasteiger partial charge in [0.25, 0.3) is 5.91 Å². The third-order valence-electron chi connectivity index (χ3n) is 10.3. The number of ether oxygens (including phenoxy) is 1. The third-order valence-corrected chi connectivity index (χ3v) is 10.7. The van der Waals surface area contributed by atoms with Gasteiger partial charge in [0.15, 0.2) is 11.5 Å². The van der Waals surface area contributed by atoms with E-state index >= 15 is 4.39 Å². The molecule has 3 aliphatic heterocycles. The smallest absolute Gasteiger partial charge is 0.396 e. The van der Waals surface area contributed by atoms with Crippen molar-refractivity contribution in [1.29, 1.82) is 0 Å². The molecule has 51 heavy (non-hydrogen) atoms. The molecule has 0 bridgehead atoms. The van der Waals surface area contributed by atoms with Crippen molar-refractivity contribution in [3.8, 4) is 11.8 Å². The van der Waals surface area contributed by atoms with Gasteiger partial charge in [0.05, 0.1) is 46.9 Å². The molecule has 1 aliphatic carbocycles. The van der Waals surface area contributed by atoms with Gasteiger partial charge in [-0.25, -0.2) is 14.4 Å². The molecule has 0 spiro atoms. The van der Waals surface area contributed by atoms with Crippen LogP contribution in [0.4, 0.5) is 29.1 Å². The summed E-state index contributed by atoms with van der Waals surface area (Å²) in [5.41, 5.74) is 5.23. The number of carbonyl (C=O) groups excluding carboxylic acids is 1. The van der Waals surface area contributed by atoms with Crippen molar-refractivity contribution in [2.75, 3.05) is 50.9 Å². The van der Waals surface area contributed by atoms with Crippen LogP contribution in [0.5, 0.6) is 0 Å². The molecule has 2 N–H and O–H groups in total. The standard InChI is InChI=1S/C36H41ClF4N8O2/c1-46(2)34(50)32-30(37)26-19-48(16-7-17-49(26)45-32)33-22-20-51-27(29-23(36(39,40)41)8-9-24(42)31(29)38)18-25(22)43-28(44-33)10-11-35(12-13-35)21-47-14-5-3-4-6-15-47/h8-9,27H,3-7,12-21,42H2,1-2H3/t27-/m0/s1. The van der Waals surface area contributed by atoms with Crippen LogP contribution in [0.2, 0.25) is 5.02 Å². The lowest BCUT2D eigenvalue weighted by Gasteiger charge is -2.31. The van der Waals surface area contributed by atoms with E-state index in [-0.39, 0.29) is 47.4 Å². The first-order chi connectivity index (χ1) is 24.3. The maximum Gasteiger partial charge on any atom is 0.416 e. The average molecular weight is 729 g/mol. The molecule has 1 saturated heterocycles. The molecule has 4 aliphatic rings. The van der Waals surface area contributed by atoms with E-state index < -0.39 is 34.9 Å². The van der Waals surface area contributed by atoms with Gasteiger partial charge in [0, 0.05) is 56.7 Å². The summed E-state index contributed by atoms with van der Waals surface area (Å²) in [4.78, 5) is 28.4. The quantitative estimate of drug-likeness (QED) is 0.194. The Hall–Kier alpha value is -3.93. The molecule has 3 aromatic rings. The number of amides is 1. The summed E-state index contributed by atoms with van der Waals surface area (Å²) in [5, 5.41) is 4.76. The maximum absolute atomic E-state index is 15.4. The molecule has 7 rings (SSSR count). The minimum absolute atomic E-state index is 0.143. The van der Waals surface area contributed by atoms with Gasteiger partial charge < -0.3 is 25.2 Å². The minimum atomic E-state index is -4.83. The summed E-state index contributed by atoms with van der Waals surface area (Å²) in [6, 6.07) is 1.70. The summed E-state index contributed by atoms with van der Waals surface area (Å²) in [7, 11) is 3.26. The second-order valence-electron chi connectivity index (χ2n) is 14.3. The fourth-order valence-corrected chi connectivity index (χ4v) is 7.60. The Morgan fingerprint density at radius 1 is 1.10 bits per heavy atom. The summed E-state index contributed by atoms with van der Waals surface area (Å²) in [6.45, 7) is 4.14. The molecule has 15 heteroatoms. The number of halogens is 5. The Morgan fingerprint density at radius 3 is 2.53 bits per heavy atom. The van der Waals surface area contributed by atoms with Gasteiger partial charge in [-0.3, -0.25) is 9.48 Å². The maximum atomic E-state index is 15.4. The van der Waals surface area contributed by atoms with Crippen LogP contribution in [0, 0.1) is 23.1 Å². The highest BCUT2D eigenvalue weighted by atomic mass is 35.5. The first kappa shape index (κ1) is 35.5. The van der Waals surface area contributed by atoms with Gasteiger partial charge >= 0.3 is 6.18 Å². The first-order valence-corrected chi connectivity index (χ1v) is 17.8. The zero-order valence-corrected chi connectivity index (χ0v) is 29.5. The second kappa shape index (κ2) is 13.9. The zero-order chi connectivity index (χ0) is 36.1. The van der Waals surface area contributed by atoms with Crippen LogP contribution in [0.25, 0.3) is 0 Å². The lowest BCUT2D eigenvalue weighted by atomic mass is 9.93. The minimum Gasteiger partial charge on any atom is -0.396 e. The number of rotatable bonds is 5. The molecule has 1 saturated carbocycles. The largest absolute Gasteiger partial charge is 0.416 e. The van der Waals surface area contributed by atoms with Crippen LogP contribution in [0.15, 0.2) is 12.1 Å². The van der Waals surface area contributed by atoms with Gasteiger partial charge in [0.1, 0.15) is 5.82 Å². The van der Waals surface area contributed by atoms with Crippen molar-refractivity contribution in [3.63, 3.8) is 0 Å². The molecular weight excluding hydrogens is 688 g/mol. The second-order valence-corrected chi connectivity index (χ2v) is 14.6. The van der Waals surface area contributed by atoms with Crippen molar-refractivity contribution >= 4 is 29.0 Å². The highest BCUT2D eigenvalue weighted by Crippen LogP contribution is 2.46. The fourth-order valence-electron chi connectivity index (χ4n) is 7.32. The molecule has 2 aromatic heterocycles. The first-order valence-electron chi connectivity index (χ1n) is 17.5. The molecule has 2 fully saturated rings. The molecule has 1 amide bonds. The predicted octanol–water partition coefficient (Wildman–Crippen LogP) is 6.00. The number of anilines is 2. The molecule has 1 aromatic carbocycles. The number of benzene rings is 1. The van der Waals surface area contributed by atoms with Gasteiger partial charge in [-0.1, -0.05) is 30.4 Å². The molecule has 1 atom stereocenters. The van der Waals surface area contributed by atoms with E-state index in [2.05, 4.69) is 21.8 Å². The van der Waals surface area contributed by atoms with Crippen molar-refractivity contribution in [2.24, 2.45) is 5.41 Å². The third kappa shape index (κ3) is 7.25. The van der Waals surface area contributed by atoms with Gasteiger partial charge in [-0.15, -0.1) is 0 Å². The summed E-state index contributed by atoms with van der Waals surface area (Å²) in [6.07, 6.45) is 1.17. The van der Waals surface area contributed by atoms with Gasteiger partial charge in [-0.2, -0.15) is 18.3 Å². The lowest BCUT2D eigenvalue weighted by Crippen LogP contribution is -2.31. The number of nitrogens with zero attached hydrogens (tertiary/aromatic N) is 7. The van der Waals surface area contributed by atoms with Crippen LogP contribution < -0.4 is 10.6 Å². The Balaban J connectivity index is 1.27. The number of nitrogen functional groups attached to an aromatic ring is 1. The number of nitrogens with two attached hydrogens (primary N) is 1. The van der Waals surface area contributed by atoms with Crippen LogP contribution in [0.1, 0.15) is 95.4 Å². The average Bonchev–Trinajstić information content (AvgIpc) is 3.88. The highest BCUT2D eigenvalue weighted by molar-refractivity contribution is 6.34. The van der Waals surface area contributed by atoms with Gasteiger partial charge in [-0.05, 0) is 63.2 Å². The number of aryl methyl sites for hydroxylation is 1. The van der Waals surface area contributed by atoms with Crippen LogP contribution in [-0.2, 0) is 37.0 Å². The van der Waals surface area contributed by atoms with E-state index in [4.69, 9.17) is 32.0 Å². The van der Waals surface area contributed by atoms with E-state index in [0.29, 0.717) is 42.3 Å². The predicted molar refractivity (Wildman–Crippen MR) is 183 cm³/mol. The number of hydrogen-bond donors (Lipinski definition) is 1. The number of hydrogen-bond acceptors (Lipinski definition) is 8. The molecule has 10 nitrogen and oxygen atoms in total. The fraction of sp³-hybridized carbons (Fsp3) is 0.556. The van der Waals surface area contributed by atoms with E-state index in [0.717, 1.165) is 44.6 Å². The molecule has 272 valence electrons. The SMILES string of the molecule is CN(C)C(=O)c1nn2c(c1Cl)CN(c1nc(C#CC3(CN4CCCCCC4)CC3)nc3c1CO[C@H](c1c(C(F)(F)F)ccc(N)c1F)C3)CCC2. The molecular formula is C36H41ClF4N8O2. The number of aromatic nitrogens is 4. The number of alkyl halides is 3. The Labute approximate surface area is 299 Å². The van der Waals surface area contributed by atoms with Crippen molar-refractivity contribution in [3.05, 3.63) is 62.6 Å². The van der Waals surface area contributed by atoms with Crippen molar-refractivity contribution in [1.82, 2.24) is 29.5 Å². The van der Waals surface area contributed by atoms with E-state index in [9.17, 15) is 18.0 Å². The normalized spacial score (nSPS) is 20.4. The molecule has 0 unspecified atom stereocenters. The molecule has 5 heterocycles. The zero-order valence-electron chi connectivity index (χ0n) is 28.8. The monoisotopic (exact) mass is 728 g/mol. The topological polar surface area (TPSA) is 106 Å². The van der Waals surface area contributed by atoms with Crippen molar-refractivity contribution < 1.29 is 27.1 Å². The van der Waals surface area contributed by atoms with Gasteiger partial charge in [0.2, 0.25) is 5.82 Å². The van der Waals surface area contributed by atoms with E-state index in [1.165, 1.54) is 30.6 Å². The Bertz CT molecular complexity index is 1890. The summed E-state index contributed by atoms with van der Waals surface area (Å²) in [5.74, 6) is 5.99. The van der Waals surface area contributed by atoms with E-state index in [1.807, 2.05) is 4.90 Å². The van der Waals surface area contributed by atoms with Crippen LogP contribution >= 0.6 is 11.6 Å². The van der Waals surface area contributed by atoms with E-state index in [1.54, 1.807) is 18.8 Å². The number of carbonyl (C=O) groups is 1. The Morgan fingerprint density at radius 2 is 1.84 bits per heavy atom. The van der Waals surface area contributed by atoms with Crippen LogP contribution in [-0.4, -0.2) is 75.7 Å². The molecule has 0 radical (unpaired) electrons. The summed E-state index contributed by atoms with van der Waals surface area (Å²) >= 11 is 6.77. The highest BCUT2D eigenvalue weighted by Gasteiger charge is 2.43. The summed E-state index contributed by atoms with van der Waals surface area (Å²) < 4.78 is 65.5. The number of fused-ring (bicyclic) bond motifs is 2. The Kier molecular flexibility index (Phi) is 9.66.